The Morgan fingerprint density at radius 3 is 1.30 bits per heavy atom. The summed E-state index contributed by atoms with van der Waals surface area (Å²) in [7, 11) is 0. The van der Waals surface area contributed by atoms with Crippen LogP contribution < -0.4 is 0 Å². The monoisotopic (exact) mass is 478 g/mol. The predicted octanol–water partition coefficient (Wildman–Crippen LogP) is 7.66. The highest BCUT2D eigenvalue weighted by Gasteiger charge is 2.24. The molecule has 7 aromatic rings. The van der Waals surface area contributed by atoms with Gasteiger partial charge < -0.3 is 9.13 Å². The van der Waals surface area contributed by atoms with Crippen molar-refractivity contribution in [1.29, 1.82) is 5.26 Å². The van der Waals surface area contributed by atoms with Crippen LogP contribution in [-0.2, 0) is 0 Å². The number of nitro groups is 1. The summed E-state index contributed by atoms with van der Waals surface area (Å²) in [5.41, 5.74) is 4.93. The first-order valence-corrected chi connectivity index (χ1v) is 11.9. The number of rotatable bonds is 3. The molecule has 37 heavy (non-hydrogen) atoms. The Kier molecular flexibility index (Phi) is 4.41. The molecule has 0 amide bonds. The maximum Gasteiger partial charge on any atom is 0.289 e. The number of nitrogens with zero attached hydrogens (tertiary/aromatic N) is 4. The van der Waals surface area contributed by atoms with Crippen LogP contribution >= 0.6 is 0 Å². The highest BCUT2D eigenvalue weighted by Crippen LogP contribution is 2.40. The molecule has 0 saturated carbocycles. The van der Waals surface area contributed by atoms with Crippen LogP contribution in [0.5, 0.6) is 0 Å². The summed E-state index contributed by atoms with van der Waals surface area (Å²) in [6.07, 6.45) is 0. The van der Waals surface area contributed by atoms with Crippen LogP contribution in [0.2, 0.25) is 0 Å². The molecule has 0 radical (unpaired) electrons. The maximum atomic E-state index is 12.1. The quantitative estimate of drug-likeness (QED) is 0.193. The van der Waals surface area contributed by atoms with E-state index in [1.807, 2.05) is 72.8 Å². The van der Waals surface area contributed by atoms with E-state index in [9.17, 15) is 15.4 Å². The van der Waals surface area contributed by atoms with Crippen molar-refractivity contribution in [2.75, 3.05) is 0 Å². The number of para-hydroxylation sites is 4. The summed E-state index contributed by atoms with van der Waals surface area (Å²) < 4.78 is 4.17. The molecule has 0 bridgehead atoms. The minimum Gasteiger partial charge on any atom is -0.307 e. The van der Waals surface area contributed by atoms with Crippen LogP contribution in [-0.4, -0.2) is 14.1 Å². The van der Waals surface area contributed by atoms with Gasteiger partial charge in [0.25, 0.3) is 5.69 Å². The molecule has 2 aromatic heterocycles. The molecule has 0 atom stereocenters. The van der Waals surface area contributed by atoms with Crippen LogP contribution in [0.15, 0.2) is 109 Å². The van der Waals surface area contributed by atoms with Crippen LogP contribution in [0.4, 0.5) is 5.69 Å². The number of nitro benzene ring substituents is 1. The van der Waals surface area contributed by atoms with Crippen molar-refractivity contribution in [3.63, 3.8) is 0 Å². The van der Waals surface area contributed by atoms with E-state index < -0.39 is 4.92 Å². The van der Waals surface area contributed by atoms with Crippen molar-refractivity contribution >= 4 is 49.3 Å². The standard InChI is InChI=1S/C31H18N4O2/c32-19-20-17-30(33-25-13-5-1-9-21(25)22-10-2-6-14-26(22)33)31(18-29(20)35(36)37)34-27-15-7-3-11-23(27)24-12-4-8-16-28(24)34/h1-18H. The molecule has 2 heterocycles. The van der Waals surface area contributed by atoms with Crippen molar-refractivity contribution in [2.45, 2.75) is 0 Å². The van der Waals surface area contributed by atoms with E-state index in [0.29, 0.717) is 11.4 Å². The van der Waals surface area contributed by atoms with E-state index in [2.05, 4.69) is 39.5 Å². The smallest absolute Gasteiger partial charge is 0.289 e. The Balaban J connectivity index is 1.72. The van der Waals surface area contributed by atoms with Gasteiger partial charge in [0.15, 0.2) is 0 Å². The van der Waals surface area contributed by atoms with Crippen molar-refractivity contribution < 1.29 is 4.92 Å². The number of aromatic nitrogens is 2. The molecular weight excluding hydrogens is 460 g/mol. The Morgan fingerprint density at radius 1 is 0.595 bits per heavy atom. The summed E-state index contributed by atoms with van der Waals surface area (Å²) in [4.78, 5) is 11.6. The largest absolute Gasteiger partial charge is 0.307 e. The molecule has 0 aliphatic carbocycles. The predicted molar refractivity (Wildman–Crippen MR) is 146 cm³/mol. The van der Waals surface area contributed by atoms with Gasteiger partial charge in [-0.15, -0.1) is 0 Å². The van der Waals surface area contributed by atoms with Gasteiger partial charge in [-0.3, -0.25) is 10.1 Å². The number of hydrogen-bond donors (Lipinski definition) is 0. The molecule has 0 spiro atoms. The molecule has 6 nitrogen and oxygen atoms in total. The SMILES string of the molecule is N#Cc1cc(-n2c3ccccc3c3ccccc32)c(-n2c3ccccc3c3ccccc32)cc1[N+](=O)[O-]. The van der Waals surface area contributed by atoms with Gasteiger partial charge in [0, 0.05) is 27.6 Å². The average molecular weight is 479 g/mol. The van der Waals surface area contributed by atoms with E-state index >= 15 is 0 Å². The second-order valence-corrected chi connectivity index (χ2v) is 8.97. The maximum absolute atomic E-state index is 12.1. The van der Waals surface area contributed by atoms with Crippen LogP contribution in [0.25, 0.3) is 55.0 Å². The lowest BCUT2D eigenvalue weighted by Gasteiger charge is -2.17. The molecule has 0 aliphatic rings. The molecule has 7 rings (SSSR count). The third-order valence-electron chi connectivity index (χ3n) is 7.05. The van der Waals surface area contributed by atoms with Crippen molar-refractivity contribution in [3.8, 4) is 17.4 Å². The molecule has 174 valence electrons. The zero-order chi connectivity index (χ0) is 25.1. The normalized spacial score (nSPS) is 11.4. The molecular formula is C31H18N4O2. The van der Waals surface area contributed by atoms with Crippen molar-refractivity contribution in [2.24, 2.45) is 0 Å². The summed E-state index contributed by atoms with van der Waals surface area (Å²) in [6.45, 7) is 0. The molecule has 0 aliphatic heterocycles. The van der Waals surface area contributed by atoms with Gasteiger partial charge in [-0.25, -0.2) is 0 Å². The minimum atomic E-state index is -0.481. The number of fused-ring (bicyclic) bond motifs is 6. The van der Waals surface area contributed by atoms with Gasteiger partial charge in [0.2, 0.25) is 0 Å². The molecule has 0 unspecified atom stereocenters. The van der Waals surface area contributed by atoms with Crippen LogP contribution in [0.3, 0.4) is 0 Å². The van der Waals surface area contributed by atoms with Crippen LogP contribution in [0.1, 0.15) is 5.56 Å². The lowest BCUT2D eigenvalue weighted by molar-refractivity contribution is -0.385. The first-order chi connectivity index (χ1) is 18.2. The highest BCUT2D eigenvalue weighted by atomic mass is 16.6. The second kappa shape index (κ2) is 7.80. The van der Waals surface area contributed by atoms with E-state index in [0.717, 1.165) is 43.6 Å². The van der Waals surface area contributed by atoms with Gasteiger partial charge in [0.05, 0.1) is 38.4 Å². The van der Waals surface area contributed by atoms with Gasteiger partial charge in [-0.2, -0.15) is 5.26 Å². The lowest BCUT2D eigenvalue weighted by Crippen LogP contribution is -2.06. The topological polar surface area (TPSA) is 76.8 Å². The Hall–Kier alpha value is -5.41. The Morgan fingerprint density at radius 2 is 0.946 bits per heavy atom. The Bertz CT molecular complexity index is 1990. The van der Waals surface area contributed by atoms with Gasteiger partial charge in [-0.05, 0) is 30.3 Å². The van der Waals surface area contributed by atoms with Gasteiger partial charge >= 0.3 is 0 Å². The minimum absolute atomic E-state index is 0.0198. The van der Waals surface area contributed by atoms with E-state index in [4.69, 9.17) is 0 Å². The number of hydrogen-bond acceptors (Lipinski definition) is 3. The van der Waals surface area contributed by atoms with Gasteiger partial charge in [-0.1, -0.05) is 72.8 Å². The molecule has 6 heteroatoms. The average Bonchev–Trinajstić information content (AvgIpc) is 3.45. The first kappa shape index (κ1) is 20.9. The summed E-state index contributed by atoms with van der Waals surface area (Å²) in [6, 6.07) is 37.5. The second-order valence-electron chi connectivity index (χ2n) is 8.97. The van der Waals surface area contributed by atoms with Crippen molar-refractivity contribution in [1.82, 2.24) is 9.13 Å². The zero-order valence-corrected chi connectivity index (χ0v) is 19.5. The van der Waals surface area contributed by atoms with E-state index in [1.54, 1.807) is 6.07 Å². The third-order valence-corrected chi connectivity index (χ3v) is 7.05. The van der Waals surface area contributed by atoms with E-state index in [-0.39, 0.29) is 11.3 Å². The van der Waals surface area contributed by atoms with Crippen molar-refractivity contribution in [3.05, 3.63) is 125 Å². The van der Waals surface area contributed by atoms with Crippen LogP contribution in [0, 0.1) is 21.4 Å². The molecule has 5 aromatic carbocycles. The summed E-state index contributed by atoms with van der Waals surface area (Å²) >= 11 is 0. The molecule has 0 saturated heterocycles. The molecule has 0 fully saturated rings. The fourth-order valence-corrected chi connectivity index (χ4v) is 5.53. The third kappa shape index (κ3) is 2.92. The van der Waals surface area contributed by atoms with Gasteiger partial charge in [0.1, 0.15) is 11.6 Å². The lowest BCUT2D eigenvalue weighted by atomic mass is 10.1. The molecule has 0 N–H and O–H groups in total. The summed E-state index contributed by atoms with van der Waals surface area (Å²) in [5, 5.41) is 26.3. The fraction of sp³-hybridized carbons (Fsp3) is 0. The fourth-order valence-electron chi connectivity index (χ4n) is 5.53. The Labute approximate surface area is 211 Å². The zero-order valence-electron chi connectivity index (χ0n) is 19.5. The highest BCUT2D eigenvalue weighted by molar-refractivity contribution is 6.11. The number of nitriles is 1. The summed E-state index contributed by atoms with van der Waals surface area (Å²) in [5.74, 6) is 0. The first-order valence-electron chi connectivity index (χ1n) is 11.9. The number of benzene rings is 5. The van der Waals surface area contributed by atoms with E-state index in [1.165, 1.54) is 6.07 Å².